The van der Waals surface area contributed by atoms with Gasteiger partial charge in [-0.15, -0.1) is 0 Å². The van der Waals surface area contributed by atoms with Crippen LogP contribution in [0, 0.1) is 0 Å². The second-order valence-electron chi connectivity index (χ2n) is 3.87. The van der Waals surface area contributed by atoms with E-state index in [9.17, 15) is 9.90 Å². The predicted octanol–water partition coefficient (Wildman–Crippen LogP) is 1.51. The first-order valence-corrected chi connectivity index (χ1v) is 5.63. The summed E-state index contributed by atoms with van der Waals surface area (Å²) in [4.78, 5) is 16.9. The molecule has 16 heavy (non-hydrogen) atoms. The highest BCUT2D eigenvalue weighted by Crippen LogP contribution is 2.23. The fourth-order valence-corrected chi connectivity index (χ4v) is 2.06. The molecule has 1 aliphatic heterocycles. The molecule has 0 aromatic carbocycles. The van der Waals surface area contributed by atoms with Crippen molar-refractivity contribution >= 4 is 23.6 Å². The number of aliphatic hydroxyl groups is 1. The maximum Gasteiger partial charge on any atom is 0.170 e. The molecule has 1 N–H and O–H groups in total. The Labute approximate surface area is 98.9 Å². The predicted molar refractivity (Wildman–Crippen MR) is 62.1 cm³/mol. The van der Waals surface area contributed by atoms with Gasteiger partial charge in [-0.1, -0.05) is 11.6 Å². The molecule has 1 saturated heterocycles. The van der Waals surface area contributed by atoms with Crippen LogP contribution in [0.2, 0.25) is 5.15 Å². The maximum absolute atomic E-state index is 10.9. The average molecular weight is 241 g/mol. The lowest BCUT2D eigenvalue weighted by molar-refractivity contribution is 0.111. The van der Waals surface area contributed by atoms with Crippen molar-refractivity contribution < 1.29 is 9.90 Å². The SMILES string of the molecule is O=Cc1nc(Cl)ccc1N1CCC(O)CC1. The van der Waals surface area contributed by atoms with E-state index in [1.54, 1.807) is 12.1 Å². The van der Waals surface area contributed by atoms with Crippen molar-refractivity contribution in [2.24, 2.45) is 0 Å². The van der Waals surface area contributed by atoms with Gasteiger partial charge in [-0.25, -0.2) is 4.98 Å². The Morgan fingerprint density at radius 1 is 1.44 bits per heavy atom. The topological polar surface area (TPSA) is 53.4 Å². The molecule has 86 valence electrons. The zero-order valence-electron chi connectivity index (χ0n) is 8.77. The highest BCUT2D eigenvalue weighted by atomic mass is 35.5. The Morgan fingerprint density at radius 3 is 2.75 bits per heavy atom. The molecule has 1 aromatic rings. The van der Waals surface area contributed by atoms with E-state index in [-0.39, 0.29) is 6.10 Å². The second kappa shape index (κ2) is 4.80. The minimum absolute atomic E-state index is 0.226. The lowest BCUT2D eigenvalue weighted by Crippen LogP contribution is -2.36. The number of aliphatic hydroxyl groups excluding tert-OH is 1. The van der Waals surface area contributed by atoms with E-state index in [2.05, 4.69) is 9.88 Å². The zero-order chi connectivity index (χ0) is 11.5. The number of piperidine rings is 1. The Bertz CT molecular complexity index is 390. The van der Waals surface area contributed by atoms with Gasteiger partial charge in [0.2, 0.25) is 0 Å². The number of hydrogen-bond donors (Lipinski definition) is 1. The van der Waals surface area contributed by atoms with Gasteiger partial charge in [0.25, 0.3) is 0 Å². The van der Waals surface area contributed by atoms with Gasteiger partial charge in [0.1, 0.15) is 10.8 Å². The highest BCUT2D eigenvalue weighted by molar-refractivity contribution is 6.29. The molecule has 5 heteroatoms. The van der Waals surface area contributed by atoms with Gasteiger partial charge in [0.05, 0.1) is 11.8 Å². The molecule has 0 amide bonds. The number of nitrogens with zero attached hydrogens (tertiary/aromatic N) is 2. The van der Waals surface area contributed by atoms with Crippen molar-refractivity contribution in [1.82, 2.24) is 4.98 Å². The van der Waals surface area contributed by atoms with Crippen LogP contribution < -0.4 is 4.90 Å². The molecule has 1 fully saturated rings. The van der Waals surface area contributed by atoms with Crippen molar-refractivity contribution in [3.05, 3.63) is 23.0 Å². The molecule has 0 unspecified atom stereocenters. The first kappa shape index (κ1) is 11.4. The Morgan fingerprint density at radius 2 is 2.12 bits per heavy atom. The number of halogens is 1. The Balaban J connectivity index is 2.23. The van der Waals surface area contributed by atoms with Crippen LogP contribution in [-0.4, -0.2) is 35.6 Å². The fraction of sp³-hybridized carbons (Fsp3) is 0.455. The molecule has 4 nitrogen and oxygen atoms in total. The Kier molecular flexibility index (Phi) is 3.41. The summed E-state index contributed by atoms with van der Waals surface area (Å²) < 4.78 is 0. The summed E-state index contributed by atoms with van der Waals surface area (Å²) in [6.45, 7) is 1.48. The van der Waals surface area contributed by atoms with E-state index in [0.717, 1.165) is 31.6 Å². The molecule has 2 heterocycles. The number of rotatable bonds is 2. The summed E-state index contributed by atoms with van der Waals surface area (Å²) >= 11 is 5.73. The largest absolute Gasteiger partial charge is 0.393 e. The third kappa shape index (κ3) is 2.33. The van der Waals surface area contributed by atoms with E-state index in [4.69, 9.17) is 11.6 Å². The van der Waals surface area contributed by atoms with Crippen molar-refractivity contribution in [2.45, 2.75) is 18.9 Å². The van der Waals surface area contributed by atoms with Crippen LogP contribution in [0.1, 0.15) is 23.3 Å². The average Bonchev–Trinajstić information content (AvgIpc) is 2.30. The van der Waals surface area contributed by atoms with E-state index >= 15 is 0 Å². The third-order valence-electron chi connectivity index (χ3n) is 2.79. The normalized spacial score (nSPS) is 17.5. The number of aldehydes is 1. The van der Waals surface area contributed by atoms with Gasteiger partial charge in [0.15, 0.2) is 6.29 Å². The number of hydrogen-bond acceptors (Lipinski definition) is 4. The molecule has 0 aliphatic carbocycles. The number of anilines is 1. The van der Waals surface area contributed by atoms with Crippen LogP contribution in [0.25, 0.3) is 0 Å². The standard InChI is InChI=1S/C11H13ClN2O2/c12-11-2-1-10(9(7-15)13-11)14-5-3-8(16)4-6-14/h1-2,7-8,16H,3-6H2. The van der Waals surface area contributed by atoms with Crippen molar-refractivity contribution in [3.63, 3.8) is 0 Å². The molecule has 0 bridgehead atoms. The third-order valence-corrected chi connectivity index (χ3v) is 3.00. The molecule has 0 atom stereocenters. The van der Waals surface area contributed by atoms with Gasteiger partial charge in [0, 0.05) is 13.1 Å². The first-order chi connectivity index (χ1) is 7.70. The van der Waals surface area contributed by atoms with Gasteiger partial charge >= 0.3 is 0 Å². The van der Waals surface area contributed by atoms with Gasteiger partial charge < -0.3 is 10.0 Å². The first-order valence-electron chi connectivity index (χ1n) is 5.25. The molecule has 0 spiro atoms. The molecule has 0 saturated carbocycles. The minimum atomic E-state index is -0.226. The zero-order valence-corrected chi connectivity index (χ0v) is 9.52. The van der Waals surface area contributed by atoms with Gasteiger partial charge in [-0.05, 0) is 25.0 Å². The lowest BCUT2D eigenvalue weighted by Gasteiger charge is -2.31. The monoisotopic (exact) mass is 240 g/mol. The van der Waals surface area contributed by atoms with Crippen molar-refractivity contribution in [1.29, 1.82) is 0 Å². The van der Waals surface area contributed by atoms with Crippen LogP contribution in [0.15, 0.2) is 12.1 Å². The van der Waals surface area contributed by atoms with Crippen LogP contribution in [0.3, 0.4) is 0 Å². The van der Waals surface area contributed by atoms with Crippen molar-refractivity contribution in [2.75, 3.05) is 18.0 Å². The minimum Gasteiger partial charge on any atom is -0.393 e. The van der Waals surface area contributed by atoms with Crippen LogP contribution in [-0.2, 0) is 0 Å². The maximum atomic E-state index is 10.9. The lowest BCUT2D eigenvalue weighted by atomic mass is 10.1. The number of aromatic nitrogens is 1. The van der Waals surface area contributed by atoms with Crippen molar-refractivity contribution in [3.8, 4) is 0 Å². The Hall–Kier alpha value is -1.13. The summed E-state index contributed by atoms with van der Waals surface area (Å²) in [6.07, 6.45) is 1.94. The van der Waals surface area contributed by atoms with Crippen LogP contribution in [0.4, 0.5) is 5.69 Å². The summed E-state index contributed by atoms with van der Waals surface area (Å²) in [5, 5.41) is 9.73. The molecular formula is C11H13ClN2O2. The number of carbonyl (C=O) groups excluding carboxylic acids is 1. The number of carbonyl (C=O) groups is 1. The van der Waals surface area contributed by atoms with E-state index in [0.29, 0.717) is 17.1 Å². The molecule has 2 rings (SSSR count). The summed E-state index contributed by atoms with van der Waals surface area (Å²) in [6, 6.07) is 3.48. The summed E-state index contributed by atoms with van der Waals surface area (Å²) in [7, 11) is 0. The van der Waals surface area contributed by atoms with Crippen LogP contribution >= 0.6 is 11.6 Å². The quantitative estimate of drug-likeness (QED) is 0.629. The molecular weight excluding hydrogens is 228 g/mol. The second-order valence-corrected chi connectivity index (χ2v) is 4.26. The number of pyridine rings is 1. The van der Waals surface area contributed by atoms with E-state index in [1.165, 1.54) is 0 Å². The smallest absolute Gasteiger partial charge is 0.170 e. The molecule has 0 radical (unpaired) electrons. The molecule has 1 aromatic heterocycles. The summed E-state index contributed by atoms with van der Waals surface area (Å²) in [5.41, 5.74) is 1.16. The highest BCUT2D eigenvalue weighted by Gasteiger charge is 2.19. The van der Waals surface area contributed by atoms with Gasteiger partial charge in [-0.3, -0.25) is 4.79 Å². The van der Waals surface area contributed by atoms with E-state index in [1.807, 2.05) is 0 Å². The fourth-order valence-electron chi connectivity index (χ4n) is 1.90. The van der Waals surface area contributed by atoms with Gasteiger partial charge in [-0.2, -0.15) is 0 Å². The summed E-state index contributed by atoms with van der Waals surface area (Å²) in [5.74, 6) is 0. The van der Waals surface area contributed by atoms with E-state index < -0.39 is 0 Å². The van der Waals surface area contributed by atoms with Crippen LogP contribution in [0.5, 0.6) is 0 Å². The molecule has 1 aliphatic rings.